The fourth-order valence-corrected chi connectivity index (χ4v) is 4.49. The van der Waals surface area contributed by atoms with Gasteiger partial charge in [-0.05, 0) is 31.0 Å². The van der Waals surface area contributed by atoms with E-state index in [0.29, 0.717) is 11.7 Å². The maximum atomic E-state index is 12.7. The molecule has 0 unspecified atom stereocenters. The lowest BCUT2D eigenvalue weighted by Crippen LogP contribution is -2.30. The molecule has 2 amide bonds. The second-order valence-corrected chi connectivity index (χ2v) is 7.99. The first-order valence-electron chi connectivity index (χ1n) is 9.04. The van der Waals surface area contributed by atoms with Crippen molar-refractivity contribution >= 4 is 38.5 Å². The number of nitrogens with one attached hydrogen (secondary N) is 1. The third-order valence-electron chi connectivity index (χ3n) is 5.13. The van der Waals surface area contributed by atoms with Crippen LogP contribution in [0.4, 0.5) is 5.13 Å². The summed E-state index contributed by atoms with van der Waals surface area (Å²) in [4.78, 5) is 31.5. The van der Waals surface area contributed by atoms with Crippen LogP contribution < -0.4 is 5.32 Å². The van der Waals surface area contributed by atoms with Crippen LogP contribution in [0.1, 0.15) is 30.5 Å². The number of aryl methyl sites for hydroxylation is 1. The van der Waals surface area contributed by atoms with Gasteiger partial charge in [-0.1, -0.05) is 53.8 Å². The summed E-state index contributed by atoms with van der Waals surface area (Å²) >= 11 is 1.46. The van der Waals surface area contributed by atoms with Gasteiger partial charge in [-0.15, -0.1) is 0 Å². The summed E-state index contributed by atoms with van der Waals surface area (Å²) in [7, 11) is 0. The van der Waals surface area contributed by atoms with E-state index in [1.54, 1.807) is 4.90 Å². The summed E-state index contributed by atoms with van der Waals surface area (Å²) in [5.41, 5.74) is 3.08. The molecule has 0 bridgehead atoms. The number of aromatic nitrogens is 1. The number of thiazole rings is 1. The number of benzene rings is 2. The van der Waals surface area contributed by atoms with E-state index in [2.05, 4.69) is 10.3 Å². The lowest BCUT2D eigenvalue weighted by molar-refractivity contribution is -0.129. The zero-order valence-corrected chi connectivity index (χ0v) is 16.1. The van der Waals surface area contributed by atoms with E-state index in [1.807, 2.05) is 62.4 Å². The van der Waals surface area contributed by atoms with Crippen LogP contribution in [0.5, 0.6) is 0 Å². The van der Waals surface area contributed by atoms with Crippen LogP contribution in [-0.4, -0.2) is 28.2 Å². The van der Waals surface area contributed by atoms with Gasteiger partial charge in [-0.3, -0.25) is 9.59 Å². The van der Waals surface area contributed by atoms with Crippen LogP contribution in [0.15, 0.2) is 48.5 Å². The molecule has 1 aliphatic rings. The van der Waals surface area contributed by atoms with Gasteiger partial charge in [0.1, 0.15) is 0 Å². The third kappa shape index (κ3) is 3.45. The molecule has 0 radical (unpaired) electrons. The van der Waals surface area contributed by atoms with Crippen molar-refractivity contribution < 1.29 is 9.59 Å². The Morgan fingerprint density at radius 3 is 2.74 bits per heavy atom. The molecule has 1 aliphatic heterocycles. The smallest absolute Gasteiger partial charge is 0.231 e. The lowest BCUT2D eigenvalue weighted by atomic mass is 10.1. The molecule has 2 heterocycles. The number of para-hydroxylation sites is 1. The Morgan fingerprint density at radius 1 is 1.22 bits per heavy atom. The van der Waals surface area contributed by atoms with Gasteiger partial charge in [-0.2, -0.15) is 0 Å². The Morgan fingerprint density at radius 2 is 2.00 bits per heavy atom. The standard InChI is InChI=1S/C21H21N3O2S/c1-13-7-6-10-17-19(13)22-21(27-17)23-20(26)16-11-18(25)24(12-16)14(2)15-8-4-3-5-9-15/h3-10,14,16H,11-12H2,1-2H3,(H,22,23,26)/t14-,16+/m1/s1. The van der Waals surface area contributed by atoms with Gasteiger partial charge in [0, 0.05) is 13.0 Å². The van der Waals surface area contributed by atoms with Crippen LogP contribution in [0.3, 0.4) is 0 Å². The molecule has 1 saturated heterocycles. The summed E-state index contributed by atoms with van der Waals surface area (Å²) in [5.74, 6) is -0.466. The molecular formula is C21H21N3O2S. The highest BCUT2D eigenvalue weighted by Crippen LogP contribution is 2.31. The molecule has 4 rings (SSSR count). The summed E-state index contributed by atoms with van der Waals surface area (Å²) in [6, 6.07) is 15.9. The molecule has 3 aromatic rings. The number of carbonyl (C=O) groups excluding carboxylic acids is 2. The first-order valence-corrected chi connectivity index (χ1v) is 9.86. The maximum Gasteiger partial charge on any atom is 0.231 e. The fourth-order valence-electron chi connectivity index (χ4n) is 3.54. The number of likely N-dealkylation sites (tertiary alicyclic amines) is 1. The molecular weight excluding hydrogens is 358 g/mol. The van der Waals surface area contributed by atoms with Gasteiger partial charge in [-0.25, -0.2) is 4.98 Å². The van der Waals surface area contributed by atoms with Crippen molar-refractivity contribution in [2.45, 2.75) is 26.3 Å². The largest absolute Gasteiger partial charge is 0.335 e. The number of fused-ring (bicyclic) bond motifs is 1. The lowest BCUT2D eigenvalue weighted by Gasteiger charge is -2.25. The highest BCUT2D eigenvalue weighted by molar-refractivity contribution is 7.22. The van der Waals surface area contributed by atoms with Gasteiger partial charge in [0.25, 0.3) is 0 Å². The number of rotatable bonds is 4. The van der Waals surface area contributed by atoms with E-state index in [1.165, 1.54) is 11.3 Å². The quantitative estimate of drug-likeness (QED) is 0.741. The fraction of sp³-hybridized carbons (Fsp3) is 0.286. The highest BCUT2D eigenvalue weighted by atomic mass is 32.1. The van der Waals surface area contributed by atoms with E-state index in [4.69, 9.17) is 0 Å². The minimum Gasteiger partial charge on any atom is -0.335 e. The van der Waals surface area contributed by atoms with E-state index < -0.39 is 0 Å². The minimum absolute atomic E-state index is 0.0200. The average molecular weight is 379 g/mol. The zero-order chi connectivity index (χ0) is 19.0. The number of amides is 2. The van der Waals surface area contributed by atoms with Crippen molar-refractivity contribution in [3.8, 4) is 0 Å². The van der Waals surface area contributed by atoms with Crippen molar-refractivity contribution in [1.82, 2.24) is 9.88 Å². The van der Waals surface area contributed by atoms with Crippen LogP contribution in [0, 0.1) is 12.8 Å². The van der Waals surface area contributed by atoms with Crippen molar-refractivity contribution in [3.05, 3.63) is 59.7 Å². The minimum atomic E-state index is -0.350. The average Bonchev–Trinajstić information content (AvgIpc) is 3.26. The molecule has 5 nitrogen and oxygen atoms in total. The Kier molecular flexibility index (Phi) is 4.66. The van der Waals surface area contributed by atoms with E-state index in [9.17, 15) is 9.59 Å². The number of anilines is 1. The third-order valence-corrected chi connectivity index (χ3v) is 6.07. The van der Waals surface area contributed by atoms with Gasteiger partial charge in [0.05, 0.1) is 22.2 Å². The maximum absolute atomic E-state index is 12.7. The summed E-state index contributed by atoms with van der Waals surface area (Å²) in [6.07, 6.45) is 0.243. The van der Waals surface area contributed by atoms with Crippen LogP contribution in [-0.2, 0) is 9.59 Å². The van der Waals surface area contributed by atoms with Crippen molar-refractivity contribution in [1.29, 1.82) is 0 Å². The monoisotopic (exact) mass is 379 g/mol. The number of nitrogens with zero attached hydrogens (tertiary/aromatic N) is 2. The van der Waals surface area contributed by atoms with Crippen molar-refractivity contribution in [2.75, 3.05) is 11.9 Å². The number of hydrogen-bond donors (Lipinski definition) is 1. The highest BCUT2D eigenvalue weighted by Gasteiger charge is 2.37. The van der Waals surface area contributed by atoms with Crippen LogP contribution >= 0.6 is 11.3 Å². The van der Waals surface area contributed by atoms with E-state index >= 15 is 0 Å². The predicted octanol–water partition coefficient (Wildman–Crippen LogP) is 4.15. The molecule has 6 heteroatoms. The summed E-state index contributed by atoms with van der Waals surface area (Å²) in [5, 5.41) is 3.50. The Bertz CT molecular complexity index is 999. The molecule has 2 atom stereocenters. The molecule has 0 spiro atoms. The number of carbonyl (C=O) groups is 2. The Balaban J connectivity index is 1.46. The zero-order valence-electron chi connectivity index (χ0n) is 15.3. The first kappa shape index (κ1) is 17.7. The van der Waals surface area contributed by atoms with Crippen LogP contribution in [0.2, 0.25) is 0 Å². The van der Waals surface area contributed by atoms with E-state index in [-0.39, 0.29) is 30.2 Å². The van der Waals surface area contributed by atoms with Gasteiger partial charge in [0.15, 0.2) is 5.13 Å². The molecule has 0 saturated carbocycles. The molecule has 0 aliphatic carbocycles. The second kappa shape index (κ2) is 7.12. The number of hydrogen-bond acceptors (Lipinski definition) is 4. The molecule has 1 aromatic heterocycles. The van der Waals surface area contributed by atoms with Gasteiger partial charge < -0.3 is 10.2 Å². The predicted molar refractivity (Wildman–Crippen MR) is 108 cm³/mol. The van der Waals surface area contributed by atoms with Gasteiger partial charge in [0.2, 0.25) is 11.8 Å². The molecule has 2 aromatic carbocycles. The van der Waals surface area contributed by atoms with Crippen LogP contribution in [0.25, 0.3) is 10.2 Å². The SMILES string of the molecule is Cc1cccc2sc(NC(=O)[C@H]3CC(=O)N([C@H](C)c4ccccc4)C3)nc12. The molecule has 1 fully saturated rings. The van der Waals surface area contributed by atoms with Gasteiger partial charge >= 0.3 is 0 Å². The topological polar surface area (TPSA) is 62.3 Å². The molecule has 27 heavy (non-hydrogen) atoms. The summed E-state index contributed by atoms with van der Waals surface area (Å²) in [6.45, 7) is 4.45. The second-order valence-electron chi connectivity index (χ2n) is 6.96. The van der Waals surface area contributed by atoms with E-state index in [0.717, 1.165) is 21.3 Å². The normalized spacial score (nSPS) is 18.1. The Hall–Kier alpha value is -2.73. The molecule has 138 valence electrons. The van der Waals surface area contributed by atoms with Crippen molar-refractivity contribution in [2.24, 2.45) is 5.92 Å². The van der Waals surface area contributed by atoms with Crippen molar-refractivity contribution in [3.63, 3.8) is 0 Å². The first-order chi connectivity index (χ1) is 13.0. The molecule has 1 N–H and O–H groups in total. The Labute approximate surface area is 162 Å². The summed E-state index contributed by atoms with van der Waals surface area (Å²) < 4.78 is 1.05.